The second kappa shape index (κ2) is 6.78. The Labute approximate surface area is 112 Å². The normalized spacial score (nSPS) is 11.7. The fourth-order valence-corrected chi connectivity index (χ4v) is 1.88. The molecule has 0 fully saturated rings. The Hall–Kier alpha value is -2.04. The lowest BCUT2D eigenvalue weighted by Crippen LogP contribution is -2.18. The number of methoxy groups -OCH3 is 2. The van der Waals surface area contributed by atoms with Crippen molar-refractivity contribution in [3.05, 3.63) is 23.8 Å². The van der Waals surface area contributed by atoms with Gasteiger partial charge in [-0.3, -0.25) is 9.59 Å². The number of ketones is 1. The molecule has 1 atom stereocenters. The molecule has 1 rings (SSSR count). The van der Waals surface area contributed by atoms with Gasteiger partial charge in [0.1, 0.15) is 17.3 Å². The maximum Gasteiger partial charge on any atom is 0.304 e. The average molecular weight is 266 g/mol. The summed E-state index contributed by atoms with van der Waals surface area (Å²) in [6.45, 7) is 1.40. The van der Waals surface area contributed by atoms with Crippen LogP contribution in [0.25, 0.3) is 0 Å². The molecule has 1 aromatic carbocycles. The maximum absolute atomic E-state index is 11.5. The van der Waals surface area contributed by atoms with Crippen LogP contribution in [-0.4, -0.2) is 31.1 Å². The van der Waals surface area contributed by atoms with Gasteiger partial charge in [0.2, 0.25) is 0 Å². The summed E-state index contributed by atoms with van der Waals surface area (Å²) in [6.07, 6.45) is 0.137. The summed E-state index contributed by atoms with van der Waals surface area (Å²) in [5, 5.41) is 8.83. The molecule has 0 aliphatic rings. The largest absolute Gasteiger partial charge is 0.497 e. The number of hydrogen-bond donors (Lipinski definition) is 1. The molecule has 104 valence electrons. The van der Waals surface area contributed by atoms with Gasteiger partial charge in [0.05, 0.1) is 20.6 Å². The first-order valence-corrected chi connectivity index (χ1v) is 5.91. The molecular weight excluding hydrogens is 248 g/mol. The number of carbonyl (C=O) groups is 2. The van der Waals surface area contributed by atoms with Gasteiger partial charge >= 0.3 is 5.97 Å². The lowest BCUT2D eigenvalue weighted by Gasteiger charge is -2.15. The summed E-state index contributed by atoms with van der Waals surface area (Å²) in [5.74, 6) is -0.418. The standard InChI is InChI=1S/C14H18O5/c1-9(15)10(8-14(16)17)6-11-7-12(18-2)4-5-13(11)19-3/h4-5,7,10H,6,8H2,1-3H3,(H,16,17)/t10-/m1/s1. The van der Waals surface area contributed by atoms with Gasteiger partial charge in [-0.2, -0.15) is 0 Å². The first-order valence-electron chi connectivity index (χ1n) is 5.91. The molecule has 19 heavy (non-hydrogen) atoms. The Kier molecular flexibility index (Phi) is 5.36. The molecule has 0 aliphatic carbocycles. The van der Waals surface area contributed by atoms with Crippen molar-refractivity contribution in [1.29, 1.82) is 0 Å². The van der Waals surface area contributed by atoms with E-state index in [4.69, 9.17) is 14.6 Å². The summed E-state index contributed by atoms with van der Waals surface area (Å²) in [5.41, 5.74) is 0.767. The molecule has 0 aliphatic heterocycles. The zero-order chi connectivity index (χ0) is 14.4. The SMILES string of the molecule is COc1ccc(OC)c(C[C@H](CC(=O)O)C(C)=O)c1. The van der Waals surface area contributed by atoms with Gasteiger partial charge < -0.3 is 14.6 Å². The second-order valence-corrected chi connectivity index (χ2v) is 4.29. The summed E-state index contributed by atoms with van der Waals surface area (Å²) < 4.78 is 10.3. The van der Waals surface area contributed by atoms with Crippen molar-refractivity contribution in [1.82, 2.24) is 0 Å². The summed E-state index contributed by atoms with van der Waals surface area (Å²) >= 11 is 0. The minimum atomic E-state index is -0.984. The smallest absolute Gasteiger partial charge is 0.304 e. The first kappa shape index (κ1) is 15.0. The molecule has 0 aromatic heterocycles. The van der Waals surface area contributed by atoms with Crippen LogP contribution < -0.4 is 9.47 Å². The van der Waals surface area contributed by atoms with Gasteiger partial charge in [-0.05, 0) is 37.1 Å². The Morgan fingerprint density at radius 3 is 2.42 bits per heavy atom. The predicted molar refractivity (Wildman–Crippen MR) is 69.7 cm³/mol. The summed E-state index contributed by atoms with van der Waals surface area (Å²) in [7, 11) is 3.08. The van der Waals surface area contributed by atoms with Crippen LogP contribution in [0.3, 0.4) is 0 Å². The minimum absolute atomic E-state index is 0.146. The first-order chi connectivity index (χ1) is 8.97. The third-order valence-electron chi connectivity index (χ3n) is 2.95. The Morgan fingerprint density at radius 1 is 1.26 bits per heavy atom. The van der Waals surface area contributed by atoms with Crippen LogP contribution in [-0.2, 0) is 16.0 Å². The fourth-order valence-electron chi connectivity index (χ4n) is 1.88. The van der Waals surface area contributed by atoms with Crippen molar-refractivity contribution >= 4 is 11.8 Å². The number of hydrogen-bond acceptors (Lipinski definition) is 4. The van der Waals surface area contributed by atoms with Crippen LogP contribution in [0.15, 0.2) is 18.2 Å². The summed E-state index contributed by atoms with van der Waals surface area (Å²) in [6, 6.07) is 5.26. The zero-order valence-electron chi connectivity index (χ0n) is 11.3. The van der Waals surface area contributed by atoms with Crippen LogP contribution in [0.4, 0.5) is 0 Å². The van der Waals surface area contributed by atoms with E-state index in [2.05, 4.69) is 0 Å². The molecule has 0 saturated carbocycles. The second-order valence-electron chi connectivity index (χ2n) is 4.29. The van der Waals surface area contributed by atoms with E-state index in [-0.39, 0.29) is 12.2 Å². The van der Waals surface area contributed by atoms with Crippen molar-refractivity contribution < 1.29 is 24.2 Å². The number of carbonyl (C=O) groups excluding carboxylic acids is 1. The van der Waals surface area contributed by atoms with Gasteiger partial charge in [0, 0.05) is 5.92 Å². The van der Waals surface area contributed by atoms with Crippen molar-refractivity contribution in [3.8, 4) is 11.5 Å². The number of Topliss-reactive ketones (excluding diaryl/α,β-unsaturated/α-hetero) is 1. The van der Waals surface area contributed by atoms with Gasteiger partial charge in [-0.15, -0.1) is 0 Å². The highest BCUT2D eigenvalue weighted by atomic mass is 16.5. The molecule has 1 aromatic rings. The van der Waals surface area contributed by atoms with Crippen LogP contribution in [0.2, 0.25) is 0 Å². The van der Waals surface area contributed by atoms with Gasteiger partial charge in [0.25, 0.3) is 0 Å². The van der Waals surface area contributed by atoms with E-state index in [0.29, 0.717) is 17.9 Å². The van der Waals surface area contributed by atoms with E-state index < -0.39 is 11.9 Å². The van der Waals surface area contributed by atoms with Crippen molar-refractivity contribution in [2.24, 2.45) is 5.92 Å². The minimum Gasteiger partial charge on any atom is -0.497 e. The average Bonchev–Trinajstić information content (AvgIpc) is 2.37. The maximum atomic E-state index is 11.5. The van der Waals surface area contributed by atoms with Gasteiger partial charge in [-0.1, -0.05) is 0 Å². The topological polar surface area (TPSA) is 72.8 Å². The van der Waals surface area contributed by atoms with Crippen LogP contribution in [0, 0.1) is 5.92 Å². The lowest BCUT2D eigenvalue weighted by molar-refractivity contribution is -0.140. The van der Waals surface area contributed by atoms with E-state index in [0.717, 1.165) is 5.56 Å². The van der Waals surface area contributed by atoms with Crippen molar-refractivity contribution in [3.63, 3.8) is 0 Å². The highest BCUT2D eigenvalue weighted by Crippen LogP contribution is 2.27. The Morgan fingerprint density at radius 2 is 1.95 bits per heavy atom. The molecule has 0 saturated heterocycles. The highest BCUT2D eigenvalue weighted by Gasteiger charge is 2.20. The van der Waals surface area contributed by atoms with Gasteiger partial charge in [-0.25, -0.2) is 0 Å². The molecule has 5 nitrogen and oxygen atoms in total. The monoisotopic (exact) mass is 266 g/mol. The molecule has 0 amide bonds. The van der Waals surface area contributed by atoms with Crippen LogP contribution >= 0.6 is 0 Å². The quantitative estimate of drug-likeness (QED) is 0.816. The summed E-state index contributed by atoms with van der Waals surface area (Å²) in [4.78, 5) is 22.3. The fraction of sp³-hybridized carbons (Fsp3) is 0.429. The molecule has 1 N–H and O–H groups in total. The van der Waals surface area contributed by atoms with Crippen molar-refractivity contribution in [2.75, 3.05) is 14.2 Å². The Balaban J connectivity index is 2.99. The van der Waals surface area contributed by atoms with E-state index >= 15 is 0 Å². The molecule has 0 unspecified atom stereocenters. The Bertz CT molecular complexity index is 467. The number of aliphatic carboxylic acids is 1. The van der Waals surface area contributed by atoms with E-state index in [1.165, 1.54) is 14.0 Å². The third kappa shape index (κ3) is 4.28. The van der Waals surface area contributed by atoms with Crippen LogP contribution in [0.1, 0.15) is 18.9 Å². The van der Waals surface area contributed by atoms with Crippen LogP contribution in [0.5, 0.6) is 11.5 Å². The molecular formula is C14H18O5. The molecule has 0 spiro atoms. The van der Waals surface area contributed by atoms with Gasteiger partial charge in [0.15, 0.2) is 0 Å². The molecule has 5 heteroatoms. The third-order valence-corrected chi connectivity index (χ3v) is 2.95. The number of benzene rings is 1. The van der Waals surface area contributed by atoms with E-state index in [1.807, 2.05) is 0 Å². The highest BCUT2D eigenvalue weighted by molar-refractivity contribution is 5.83. The van der Waals surface area contributed by atoms with Crippen molar-refractivity contribution in [2.45, 2.75) is 19.8 Å². The molecule has 0 heterocycles. The number of rotatable bonds is 7. The van der Waals surface area contributed by atoms with E-state index in [1.54, 1.807) is 25.3 Å². The number of carboxylic acid groups (broad SMARTS) is 1. The number of ether oxygens (including phenoxy) is 2. The molecule has 0 radical (unpaired) electrons. The van der Waals surface area contributed by atoms with E-state index in [9.17, 15) is 9.59 Å². The molecule has 0 bridgehead atoms. The predicted octanol–water partition coefficient (Wildman–Crippen LogP) is 1.93. The number of carboxylic acids is 1. The zero-order valence-corrected chi connectivity index (χ0v) is 11.3. The lowest BCUT2D eigenvalue weighted by atomic mass is 9.92.